The summed E-state index contributed by atoms with van der Waals surface area (Å²) in [5.74, 6) is -0.867. The van der Waals surface area contributed by atoms with Crippen molar-refractivity contribution in [1.29, 1.82) is 0 Å². The van der Waals surface area contributed by atoms with Crippen molar-refractivity contribution in [1.82, 2.24) is 0 Å². The summed E-state index contributed by atoms with van der Waals surface area (Å²) in [5, 5.41) is 5.44. The second-order valence-corrected chi connectivity index (χ2v) is 9.90. The van der Waals surface area contributed by atoms with Crippen LogP contribution in [0.3, 0.4) is 0 Å². The summed E-state index contributed by atoms with van der Waals surface area (Å²) in [6.07, 6.45) is -0.190. The maximum absolute atomic E-state index is 12.6. The third-order valence-electron chi connectivity index (χ3n) is 3.99. The van der Waals surface area contributed by atoms with Gasteiger partial charge in [-0.25, -0.2) is 8.42 Å². The number of rotatable bonds is 5. The lowest BCUT2D eigenvalue weighted by atomic mass is 10.3. The van der Waals surface area contributed by atoms with Gasteiger partial charge in [-0.05, 0) is 37.3 Å². The van der Waals surface area contributed by atoms with Crippen molar-refractivity contribution >= 4 is 56.4 Å². The van der Waals surface area contributed by atoms with Gasteiger partial charge in [-0.2, -0.15) is 0 Å². The Balaban J connectivity index is 1.68. The van der Waals surface area contributed by atoms with Crippen molar-refractivity contribution in [3.63, 3.8) is 0 Å². The van der Waals surface area contributed by atoms with Crippen LogP contribution in [0.1, 0.15) is 13.3 Å². The van der Waals surface area contributed by atoms with Crippen LogP contribution in [0.15, 0.2) is 52.3 Å². The van der Waals surface area contributed by atoms with E-state index in [1.54, 1.807) is 37.3 Å². The number of carbonyl (C=O) groups excluding carboxylic acids is 2. The molecule has 0 spiro atoms. The van der Waals surface area contributed by atoms with E-state index in [0.29, 0.717) is 21.3 Å². The molecule has 142 valence electrons. The number of hydrogen-bond donors (Lipinski definition) is 2. The van der Waals surface area contributed by atoms with Crippen molar-refractivity contribution in [3.8, 4) is 0 Å². The number of thioether (sulfide) groups is 1. The molecule has 1 aliphatic rings. The number of sulfone groups is 1. The standard InChI is InChI=1S/C18H17ClN2O4S2/c1-11-18(23)21-15-7-6-12(10-16(15)26-11)27(24,25)9-8-17(22)20-14-5-3-2-4-13(14)19/h2-7,10-11H,8-9H2,1H3,(H,20,22)(H,21,23). The van der Waals surface area contributed by atoms with Crippen molar-refractivity contribution in [3.05, 3.63) is 47.5 Å². The molecule has 1 aliphatic heterocycles. The van der Waals surface area contributed by atoms with Gasteiger partial charge in [0.25, 0.3) is 0 Å². The summed E-state index contributed by atoms with van der Waals surface area (Å²) in [4.78, 5) is 24.6. The van der Waals surface area contributed by atoms with Crippen molar-refractivity contribution < 1.29 is 18.0 Å². The van der Waals surface area contributed by atoms with E-state index in [1.165, 1.54) is 23.9 Å². The molecule has 0 saturated heterocycles. The predicted molar refractivity (Wildman–Crippen MR) is 107 cm³/mol. The van der Waals surface area contributed by atoms with E-state index in [2.05, 4.69) is 10.6 Å². The molecule has 1 heterocycles. The van der Waals surface area contributed by atoms with Crippen LogP contribution in [0.25, 0.3) is 0 Å². The first-order valence-electron chi connectivity index (χ1n) is 8.15. The zero-order valence-corrected chi connectivity index (χ0v) is 16.7. The topological polar surface area (TPSA) is 92.3 Å². The van der Waals surface area contributed by atoms with Gasteiger partial charge in [0.2, 0.25) is 11.8 Å². The lowest BCUT2D eigenvalue weighted by Gasteiger charge is -2.21. The molecular weight excluding hydrogens is 408 g/mol. The number of halogens is 1. The molecule has 0 aliphatic carbocycles. The molecule has 0 saturated carbocycles. The van der Waals surface area contributed by atoms with Crippen LogP contribution in [-0.4, -0.2) is 31.2 Å². The summed E-state index contributed by atoms with van der Waals surface area (Å²) >= 11 is 7.29. The third kappa shape index (κ3) is 4.63. The first kappa shape index (κ1) is 19.7. The lowest BCUT2D eigenvalue weighted by Crippen LogP contribution is -2.26. The zero-order chi connectivity index (χ0) is 19.6. The molecule has 3 rings (SSSR count). The molecule has 2 aromatic rings. The summed E-state index contributed by atoms with van der Waals surface area (Å²) in [6.45, 7) is 1.75. The van der Waals surface area contributed by atoms with Crippen LogP contribution in [0.2, 0.25) is 5.02 Å². The first-order chi connectivity index (χ1) is 12.8. The highest BCUT2D eigenvalue weighted by molar-refractivity contribution is 8.01. The monoisotopic (exact) mass is 424 g/mol. The molecule has 2 amide bonds. The second kappa shape index (κ2) is 7.92. The van der Waals surface area contributed by atoms with Crippen molar-refractivity contribution in [2.24, 2.45) is 0 Å². The SMILES string of the molecule is CC1Sc2cc(S(=O)(=O)CCC(=O)Nc3ccccc3Cl)ccc2NC1=O. The first-order valence-corrected chi connectivity index (χ1v) is 11.1. The normalized spacial score (nSPS) is 16.4. The van der Waals surface area contributed by atoms with Crippen molar-refractivity contribution in [2.75, 3.05) is 16.4 Å². The molecule has 2 N–H and O–H groups in total. The van der Waals surface area contributed by atoms with E-state index in [4.69, 9.17) is 11.6 Å². The molecule has 0 fully saturated rings. The minimum atomic E-state index is -3.64. The van der Waals surface area contributed by atoms with Gasteiger partial charge in [-0.3, -0.25) is 9.59 Å². The fourth-order valence-corrected chi connectivity index (χ4v) is 5.00. The van der Waals surface area contributed by atoms with Crippen LogP contribution >= 0.6 is 23.4 Å². The largest absolute Gasteiger partial charge is 0.325 e. The van der Waals surface area contributed by atoms with Crippen LogP contribution in [0.5, 0.6) is 0 Å². The summed E-state index contributed by atoms with van der Waals surface area (Å²) in [7, 11) is -3.64. The average Bonchev–Trinajstić information content (AvgIpc) is 2.62. The Morgan fingerprint density at radius 3 is 2.74 bits per heavy atom. The fourth-order valence-electron chi connectivity index (χ4n) is 2.50. The number of nitrogens with one attached hydrogen (secondary N) is 2. The number of amides is 2. The van der Waals surface area contributed by atoms with Crippen LogP contribution < -0.4 is 10.6 Å². The molecule has 9 heteroatoms. The van der Waals surface area contributed by atoms with Crippen molar-refractivity contribution in [2.45, 2.75) is 28.4 Å². The smallest absolute Gasteiger partial charge is 0.237 e. The minimum Gasteiger partial charge on any atom is -0.325 e. The lowest BCUT2D eigenvalue weighted by molar-refractivity contribution is -0.116. The third-order valence-corrected chi connectivity index (χ3v) is 7.19. The second-order valence-electron chi connectivity index (χ2n) is 6.00. The highest BCUT2D eigenvalue weighted by Crippen LogP contribution is 2.37. The molecular formula is C18H17ClN2O4S2. The fraction of sp³-hybridized carbons (Fsp3) is 0.222. The molecule has 6 nitrogen and oxygen atoms in total. The molecule has 27 heavy (non-hydrogen) atoms. The van der Waals surface area contributed by atoms with E-state index in [0.717, 1.165) is 0 Å². The van der Waals surface area contributed by atoms with Gasteiger partial charge in [0, 0.05) is 11.3 Å². The van der Waals surface area contributed by atoms with E-state index in [1.807, 2.05) is 0 Å². The van der Waals surface area contributed by atoms with E-state index >= 15 is 0 Å². The number of benzene rings is 2. The van der Waals surface area contributed by atoms with Gasteiger partial charge in [0.15, 0.2) is 9.84 Å². The number of anilines is 2. The quantitative estimate of drug-likeness (QED) is 0.765. The van der Waals surface area contributed by atoms with Crippen LogP contribution in [-0.2, 0) is 19.4 Å². The minimum absolute atomic E-state index is 0.112. The van der Waals surface area contributed by atoms with Crippen LogP contribution in [0.4, 0.5) is 11.4 Å². The molecule has 2 aromatic carbocycles. The van der Waals surface area contributed by atoms with Gasteiger partial charge in [-0.1, -0.05) is 23.7 Å². The Bertz CT molecular complexity index is 1010. The molecule has 0 aromatic heterocycles. The number of para-hydroxylation sites is 1. The predicted octanol–water partition coefficient (Wildman–Crippen LogP) is 3.58. The van der Waals surface area contributed by atoms with Crippen LogP contribution in [0, 0.1) is 0 Å². The Morgan fingerprint density at radius 2 is 2.00 bits per heavy atom. The van der Waals surface area contributed by atoms with Gasteiger partial charge in [0.1, 0.15) is 0 Å². The Hall–Kier alpha value is -2.03. The summed E-state index contributed by atoms with van der Waals surface area (Å²) in [5.41, 5.74) is 1.04. The number of carbonyl (C=O) groups is 2. The Kier molecular flexibility index (Phi) is 5.78. The van der Waals surface area contributed by atoms with Gasteiger partial charge in [0.05, 0.1) is 32.3 Å². The zero-order valence-electron chi connectivity index (χ0n) is 14.4. The average molecular weight is 425 g/mol. The summed E-state index contributed by atoms with van der Waals surface area (Å²) in [6, 6.07) is 11.3. The molecule has 1 unspecified atom stereocenters. The number of fused-ring (bicyclic) bond motifs is 1. The highest BCUT2D eigenvalue weighted by atomic mass is 35.5. The van der Waals surface area contributed by atoms with Gasteiger partial charge < -0.3 is 10.6 Å². The molecule has 0 radical (unpaired) electrons. The van der Waals surface area contributed by atoms with Gasteiger partial charge >= 0.3 is 0 Å². The Labute approximate surface area is 166 Å². The van der Waals surface area contributed by atoms with Gasteiger partial charge in [-0.15, -0.1) is 11.8 Å². The maximum Gasteiger partial charge on any atom is 0.237 e. The van der Waals surface area contributed by atoms with E-state index in [9.17, 15) is 18.0 Å². The van der Waals surface area contributed by atoms with E-state index in [-0.39, 0.29) is 28.2 Å². The highest BCUT2D eigenvalue weighted by Gasteiger charge is 2.25. The maximum atomic E-state index is 12.6. The Morgan fingerprint density at radius 1 is 1.26 bits per heavy atom. The summed E-state index contributed by atoms with van der Waals surface area (Å²) < 4.78 is 25.2. The van der Waals surface area contributed by atoms with E-state index < -0.39 is 15.7 Å². The number of hydrogen-bond acceptors (Lipinski definition) is 5. The molecule has 1 atom stereocenters. The molecule has 0 bridgehead atoms.